The van der Waals surface area contributed by atoms with Crippen LogP contribution < -0.4 is 16.1 Å². The molecule has 4 aromatic rings. The van der Waals surface area contributed by atoms with E-state index in [1.165, 1.54) is 17.0 Å². The molecule has 3 N–H and O–H groups in total. The molecular formula is C30H33N5O5. The van der Waals surface area contributed by atoms with E-state index in [2.05, 4.69) is 21.2 Å². The number of rotatable bonds is 9. The van der Waals surface area contributed by atoms with Gasteiger partial charge in [0.15, 0.2) is 0 Å². The standard InChI is InChI=1S/C30H33N5O5/c1-30(2,3)40-29(38)35-20-22(24-13-7-8-14-26(24)35)18-25(27(36)31-16-15-21-10-5-4-6-11-21)33-28(37)34-32-19-23-12-9-17-39-23/h4-14,17,19-20,25H,15-16,18H2,1-3H3,(H,31,36)(H2,33,34,37)/b32-19+/t25-/m1/s1. The summed E-state index contributed by atoms with van der Waals surface area (Å²) in [5, 5.41) is 10.3. The maximum atomic E-state index is 13.3. The Morgan fingerprint density at radius 2 is 1.77 bits per heavy atom. The number of hydrogen-bond acceptors (Lipinski definition) is 6. The number of amides is 3. The molecule has 0 fully saturated rings. The first-order valence-electron chi connectivity index (χ1n) is 13.0. The summed E-state index contributed by atoms with van der Waals surface area (Å²) in [6, 6.07) is 18.9. The lowest BCUT2D eigenvalue weighted by Gasteiger charge is -2.19. The third kappa shape index (κ3) is 7.83. The summed E-state index contributed by atoms with van der Waals surface area (Å²) >= 11 is 0. The van der Waals surface area contributed by atoms with E-state index in [-0.39, 0.29) is 12.3 Å². The van der Waals surface area contributed by atoms with E-state index in [4.69, 9.17) is 9.15 Å². The van der Waals surface area contributed by atoms with Gasteiger partial charge >= 0.3 is 12.1 Å². The van der Waals surface area contributed by atoms with Crippen molar-refractivity contribution in [3.63, 3.8) is 0 Å². The van der Waals surface area contributed by atoms with Gasteiger partial charge < -0.3 is 19.8 Å². The third-order valence-corrected chi connectivity index (χ3v) is 5.89. The Morgan fingerprint density at radius 3 is 2.50 bits per heavy atom. The molecule has 0 aliphatic carbocycles. The van der Waals surface area contributed by atoms with Gasteiger partial charge in [0, 0.05) is 24.5 Å². The minimum atomic E-state index is -0.951. The van der Waals surface area contributed by atoms with Crippen molar-refractivity contribution >= 4 is 35.1 Å². The molecule has 10 heteroatoms. The summed E-state index contributed by atoms with van der Waals surface area (Å²) in [5.74, 6) is 0.0978. The van der Waals surface area contributed by atoms with Crippen LogP contribution in [0.5, 0.6) is 0 Å². The molecule has 1 atom stereocenters. The van der Waals surface area contributed by atoms with Gasteiger partial charge in [-0.2, -0.15) is 5.10 Å². The van der Waals surface area contributed by atoms with Gasteiger partial charge in [0.1, 0.15) is 17.4 Å². The molecule has 10 nitrogen and oxygen atoms in total. The molecule has 0 bridgehead atoms. The number of ether oxygens (including phenoxy) is 1. The lowest BCUT2D eigenvalue weighted by molar-refractivity contribution is -0.122. The van der Waals surface area contributed by atoms with Crippen LogP contribution >= 0.6 is 0 Å². The SMILES string of the molecule is CC(C)(C)OC(=O)n1cc(C[C@@H](NC(=O)N/N=C/c2ccco2)C(=O)NCCc2ccccc2)c2ccccc21. The highest BCUT2D eigenvalue weighted by Gasteiger charge is 2.25. The second-order valence-corrected chi connectivity index (χ2v) is 10.2. The Morgan fingerprint density at radius 1 is 1.02 bits per heavy atom. The first-order chi connectivity index (χ1) is 19.2. The van der Waals surface area contributed by atoms with Crippen LogP contribution in [0.25, 0.3) is 10.9 Å². The van der Waals surface area contributed by atoms with E-state index in [0.29, 0.717) is 29.8 Å². The van der Waals surface area contributed by atoms with E-state index < -0.39 is 23.8 Å². The number of fused-ring (bicyclic) bond motifs is 1. The molecule has 0 aliphatic rings. The number of aromatic nitrogens is 1. The fraction of sp³-hybridized carbons (Fsp3) is 0.267. The van der Waals surface area contributed by atoms with E-state index >= 15 is 0 Å². The van der Waals surface area contributed by atoms with Crippen LogP contribution in [0.15, 0.2) is 88.7 Å². The van der Waals surface area contributed by atoms with Gasteiger partial charge in [-0.1, -0.05) is 48.5 Å². The van der Waals surface area contributed by atoms with Crippen molar-refractivity contribution in [3.05, 3.63) is 96.1 Å². The van der Waals surface area contributed by atoms with Crippen molar-refractivity contribution < 1.29 is 23.5 Å². The average molecular weight is 544 g/mol. The van der Waals surface area contributed by atoms with Gasteiger partial charge in [-0.3, -0.25) is 9.36 Å². The van der Waals surface area contributed by atoms with Crippen molar-refractivity contribution in [2.75, 3.05) is 6.54 Å². The Hall–Kier alpha value is -4.86. The zero-order valence-electron chi connectivity index (χ0n) is 22.7. The van der Waals surface area contributed by atoms with Gasteiger partial charge in [-0.05, 0) is 56.5 Å². The molecule has 2 aromatic carbocycles. The van der Waals surface area contributed by atoms with Crippen molar-refractivity contribution in [2.45, 2.75) is 45.3 Å². The molecule has 0 radical (unpaired) electrons. The second-order valence-electron chi connectivity index (χ2n) is 10.2. The number of hydrazone groups is 1. The van der Waals surface area contributed by atoms with Gasteiger partial charge in [-0.15, -0.1) is 0 Å². The number of carbonyl (C=O) groups excluding carboxylic acids is 3. The maximum Gasteiger partial charge on any atom is 0.419 e. The molecule has 3 amide bonds. The van der Waals surface area contributed by atoms with Crippen LogP contribution in [-0.4, -0.2) is 47.0 Å². The highest BCUT2D eigenvalue weighted by atomic mass is 16.6. The number of carbonyl (C=O) groups is 3. The fourth-order valence-corrected chi connectivity index (χ4v) is 4.11. The molecule has 208 valence electrons. The minimum Gasteiger partial charge on any atom is -0.463 e. The number of nitrogens with zero attached hydrogens (tertiary/aromatic N) is 2. The van der Waals surface area contributed by atoms with E-state index in [1.54, 1.807) is 45.2 Å². The highest BCUT2D eigenvalue weighted by Crippen LogP contribution is 2.24. The van der Waals surface area contributed by atoms with Gasteiger partial charge in [0.05, 0.1) is 18.0 Å². The Bertz CT molecular complexity index is 1470. The molecule has 0 spiro atoms. The van der Waals surface area contributed by atoms with Crippen LogP contribution in [0, 0.1) is 0 Å². The number of urea groups is 1. The van der Waals surface area contributed by atoms with E-state index in [0.717, 1.165) is 10.9 Å². The minimum absolute atomic E-state index is 0.128. The molecule has 0 saturated heterocycles. The first-order valence-corrected chi connectivity index (χ1v) is 13.0. The summed E-state index contributed by atoms with van der Waals surface area (Å²) < 4.78 is 12.2. The molecule has 0 unspecified atom stereocenters. The smallest absolute Gasteiger partial charge is 0.419 e. The van der Waals surface area contributed by atoms with Crippen molar-refractivity contribution in [1.29, 1.82) is 0 Å². The van der Waals surface area contributed by atoms with E-state index in [1.807, 2.05) is 48.5 Å². The molecule has 2 heterocycles. The van der Waals surface area contributed by atoms with Crippen LogP contribution in [0.1, 0.15) is 37.7 Å². The van der Waals surface area contributed by atoms with Crippen LogP contribution in [0.4, 0.5) is 9.59 Å². The van der Waals surface area contributed by atoms with Gasteiger partial charge in [0.2, 0.25) is 5.91 Å². The largest absolute Gasteiger partial charge is 0.463 e. The predicted molar refractivity (Wildman–Crippen MR) is 152 cm³/mol. The molecule has 0 aliphatic heterocycles. The lowest BCUT2D eigenvalue weighted by atomic mass is 10.0. The highest BCUT2D eigenvalue weighted by molar-refractivity contribution is 5.93. The summed E-state index contributed by atoms with van der Waals surface area (Å²) in [5.41, 5.74) is 4.10. The molecular weight excluding hydrogens is 510 g/mol. The fourth-order valence-electron chi connectivity index (χ4n) is 4.11. The Kier molecular flexibility index (Phi) is 9.00. The monoisotopic (exact) mass is 543 g/mol. The maximum absolute atomic E-state index is 13.3. The zero-order chi connectivity index (χ0) is 28.5. The summed E-state index contributed by atoms with van der Waals surface area (Å²) in [7, 11) is 0. The zero-order valence-corrected chi connectivity index (χ0v) is 22.7. The van der Waals surface area contributed by atoms with Crippen LogP contribution in [0.2, 0.25) is 0 Å². The second kappa shape index (κ2) is 12.8. The van der Waals surface area contributed by atoms with Crippen molar-refractivity contribution in [2.24, 2.45) is 5.10 Å². The van der Waals surface area contributed by atoms with Crippen molar-refractivity contribution in [1.82, 2.24) is 20.6 Å². The molecule has 0 saturated carbocycles. The number of para-hydroxylation sites is 1. The Balaban J connectivity index is 1.53. The van der Waals surface area contributed by atoms with Gasteiger partial charge in [-0.25, -0.2) is 15.0 Å². The first kappa shape index (κ1) is 28.2. The quantitative estimate of drug-likeness (QED) is 0.210. The number of hydrogen-bond donors (Lipinski definition) is 3. The summed E-state index contributed by atoms with van der Waals surface area (Å²) in [6.45, 7) is 5.78. The van der Waals surface area contributed by atoms with Crippen molar-refractivity contribution in [3.8, 4) is 0 Å². The number of benzene rings is 2. The lowest BCUT2D eigenvalue weighted by Crippen LogP contribution is -2.50. The van der Waals surface area contributed by atoms with Gasteiger partial charge in [0.25, 0.3) is 0 Å². The normalized spacial score (nSPS) is 12.3. The average Bonchev–Trinajstić information content (AvgIpc) is 3.56. The van der Waals surface area contributed by atoms with Crippen LogP contribution in [0.3, 0.4) is 0 Å². The molecule has 4 rings (SSSR count). The molecule has 2 aromatic heterocycles. The third-order valence-electron chi connectivity index (χ3n) is 5.89. The van der Waals surface area contributed by atoms with E-state index in [9.17, 15) is 14.4 Å². The Labute approximate surface area is 232 Å². The van der Waals surface area contributed by atoms with Crippen LogP contribution in [-0.2, 0) is 22.4 Å². The topological polar surface area (TPSA) is 127 Å². The summed E-state index contributed by atoms with van der Waals surface area (Å²) in [6.07, 6.45) is 4.72. The predicted octanol–water partition coefficient (Wildman–Crippen LogP) is 4.62. The number of furan rings is 1. The summed E-state index contributed by atoms with van der Waals surface area (Å²) in [4.78, 5) is 38.9. The number of nitrogens with one attached hydrogen (secondary N) is 3. The molecule has 40 heavy (non-hydrogen) atoms.